The molecule has 0 fully saturated rings. The van der Waals surface area contributed by atoms with E-state index >= 15 is 0 Å². The smallest absolute Gasteiger partial charge is 0.197 e. The average Bonchev–Trinajstić information content (AvgIpc) is 2.62. The lowest BCUT2D eigenvalue weighted by Crippen LogP contribution is -2.28. The van der Waals surface area contributed by atoms with Gasteiger partial charge < -0.3 is 9.84 Å². The van der Waals surface area contributed by atoms with Crippen molar-refractivity contribution in [3.8, 4) is 11.1 Å². The molecule has 2 aromatic carbocycles. The minimum absolute atomic E-state index is 0.0646. The fourth-order valence-corrected chi connectivity index (χ4v) is 2.89. The molecule has 0 bridgehead atoms. The van der Waals surface area contributed by atoms with E-state index in [9.17, 15) is 9.90 Å². The van der Waals surface area contributed by atoms with E-state index in [1.807, 2.05) is 61.5 Å². The van der Waals surface area contributed by atoms with Crippen LogP contribution in [0.4, 0.5) is 0 Å². The van der Waals surface area contributed by atoms with Crippen LogP contribution in [0, 0.1) is 0 Å². The molecule has 3 rings (SSSR count). The number of rotatable bonds is 4. The van der Waals surface area contributed by atoms with E-state index in [0.29, 0.717) is 11.1 Å². The fraction of sp³-hybridized carbons (Fsp3) is 0.190. The van der Waals surface area contributed by atoms with Gasteiger partial charge in [-0.3, -0.25) is 4.79 Å². The molecule has 122 valence electrons. The van der Waals surface area contributed by atoms with E-state index in [1.165, 1.54) is 0 Å². The fourth-order valence-electron chi connectivity index (χ4n) is 2.89. The van der Waals surface area contributed by atoms with Crippen molar-refractivity contribution in [2.75, 3.05) is 7.11 Å². The maximum absolute atomic E-state index is 13.0. The van der Waals surface area contributed by atoms with Crippen molar-refractivity contribution in [3.63, 3.8) is 0 Å². The zero-order valence-corrected chi connectivity index (χ0v) is 13.8. The minimum Gasteiger partial charge on any atom is -0.511 e. The summed E-state index contributed by atoms with van der Waals surface area (Å²) in [7, 11) is 1.59. The summed E-state index contributed by atoms with van der Waals surface area (Å²) in [5, 5.41) is 10.4. The lowest BCUT2D eigenvalue weighted by molar-refractivity contribution is 0.0383. The maximum atomic E-state index is 13.0. The third-order valence-electron chi connectivity index (χ3n) is 4.40. The van der Waals surface area contributed by atoms with Gasteiger partial charge in [0.2, 0.25) is 0 Å². The minimum atomic E-state index is -0.577. The zero-order valence-electron chi connectivity index (χ0n) is 13.8. The van der Waals surface area contributed by atoms with Crippen molar-refractivity contribution >= 4 is 5.78 Å². The molecule has 3 nitrogen and oxygen atoms in total. The summed E-state index contributed by atoms with van der Waals surface area (Å²) in [5.74, 6) is -0.115. The Kier molecular flexibility index (Phi) is 4.36. The van der Waals surface area contributed by atoms with Gasteiger partial charge >= 0.3 is 0 Å². The Balaban J connectivity index is 2.01. The van der Waals surface area contributed by atoms with Crippen LogP contribution in [0.15, 0.2) is 78.1 Å². The largest absolute Gasteiger partial charge is 0.511 e. The van der Waals surface area contributed by atoms with E-state index in [1.54, 1.807) is 19.3 Å². The van der Waals surface area contributed by atoms with Crippen LogP contribution in [-0.2, 0) is 4.74 Å². The highest BCUT2D eigenvalue weighted by molar-refractivity contribution is 6.14. The van der Waals surface area contributed by atoms with Gasteiger partial charge in [-0.05, 0) is 24.1 Å². The number of ether oxygens (including phenoxy) is 1. The quantitative estimate of drug-likeness (QED) is 0.830. The normalized spacial score (nSPS) is 20.2. The predicted octanol–water partition coefficient (Wildman–Crippen LogP) is 4.71. The van der Waals surface area contributed by atoms with Gasteiger partial charge in [0.05, 0.1) is 11.2 Å². The van der Waals surface area contributed by atoms with Crippen LogP contribution in [-0.4, -0.2) is 23.6 Å². The Labute approximate surface area is 141 Å². The Morgan fingerprint density at radius 1 is 1.08 bits per heavy atom. The number of aliphatic hydroxyl groups excluding tert-OH is 1. The molecule has 1 atom stereocenters. The van der Waals surface area contributed by atoms with Gasteiger partial charge in [0.25, 0.3) is 0 Å². The third-order valence-corrected chi connectivity index (χ3v) is 4.40. The Morgan fingerprint density at radius 2 is 1.75 bits per heavy atom. The van der Waals surface area contributed by atoms with Crippen LogP contribution < -0.4 is 0 Å². The topological polar surface area (TPSA) is 46.5 Å². The number of Topliss-reactive ketones (excluding diaryl/α,β-unsaturated/α-hetero) is 1. The number of allylic oxidation sites excluding steroid dienone is 2. The maximum Gasteiger partial charge on any atom is 0.197 e. The molecule has 0 radical (unpaired) electrons. The molecule has 1 unspecified atom stereocenters. The monoisotopic (exact) mass is 320 g/mol. The molecule has 0 spiro atoms. The SMILES string of the molecule is COC1(C)C=CC(C(=O)c2ccccc2-c2ccccc2)=C(O)C1. The standard InChI is InChI=1S/C21H20O3/c1-21(24-2)13-12-18(19(22)14-21)20(23)17-11-7-6-10-16(17)15-8-4-3-5-9-15/h3-13,22H,14H2,1-2H3. The van der Waals surface area contributed by atoms with Crippen molar-refractivity contribution < 1.29 is 14.6 Å². The summed E-state index contributed by atoms with van der Waals surface area (Å²) in [6.07, 6.45) is 3.77. The van der Waals surface area contributed by atoms with Crippen molar-refractivity contribution in [1.29, 1.82) is 0 Å². The van der Waals surface area contributed by atoms with Crippen LogP contribution >= 0.6 is 0 Å². The Morgan fingerprint density at radius 3 is 2.42 bits per heavy atom. The van der Waals surface area contributed by atoms with Crippen molar-refractivity contribution in [2.24, 2.45) is 0 Å². The number of methoxy groups -OCH3 is 1. The van der Waals surface area contributed by atoms with E-state index in [0.717, 1.165) is 11.1 Å². The summed E-state index contributed by atoms with van der Waals surface area (Å²) >= 11 is 0. The van der Waals surface area contributed by atoms with E-state index in [4.69, 9.17) is 4.74 Å². The molecule has 2 aromatic rings. The highest BCUT2D eigenvalue weighted by Gasteiger charge is 2.30. The zero-order chi connectivity index (χ0) is 17.2. The number of benzene rings is 2. The van der Waals surface area contributed by atoms with Crippen LogP contribution in [0.1, 0.15) is 23.7 Å². The molecule has 0 saturated heterocycles. The first-order valence-electron chi connectivity index (χ1n) is 7.90. The number of aliphatic hydroxyl groups is 1. The van der Waals surface area contributed by atoms with Gasteiger partial charge in [-0.2, -0.15) is 0 Å². The molecule has 0 heterocycles. The van der Waals surface area contributed by atoms with E-state index in [-0.39, 0.29) is 18.0 Å². The first kappa shape index (κ1) is 16.2. The van der Waals surface area contributed by atoms with Gasteiger partial charge in [-0.15, -0.1) is 0 Å². The molecule has 0 saturated carbocycles. The lowest BCUT2D eigenvalue weighted by Gasteiger charge is -2.28. The molecule has 1 aliphatic rings. The Hall–Kier alpha value is -2.65. The van der Waals surface area contributed by atoms with Crippen molar-refractivity contribution in [1.82, 2.24) is 0 Å². The van der Waals surface area contributed by atoms with Crippen LogP contribution in [0.3, 0.4) is 0 Å². The first-order chi connectivity index (χ1) is 11.5. The van der Waals surface area contributed by atoms with Gasteiger partial charge in [0, 0.05) is 19.1 Å². The van der Waals surface area contributed by atoms with Crippen LogP contribution in [0.25, 0.3) is 11.1 Å². The highest BCUT2D eigenvalue weighted by Crippen LogP contribution is 2.32. The molecule has 1 N–H and O–H groups in total. The molecule has 0 amide bonds. The lowest BCUT2D eigenvalue weighted by atomic mass is 9.87. The predicted molar refractivity (Wildman–Crippen MR) is 95.0 cm³/mol. The molecule has 0 aromatic heterocycles. The van der Waals surface area contributed by atoms with Crippen LogP contribution in [0.2, 0.25) is 0 Å². The van der Waals surface area contributed by atoms with E-state index < -0.39 is 5.60 Å². The van der Waals surface area contributed by atoms with Gasteiger partial charge in [-0.1, -0.05) is 60.7 Å². The second kappa shape index (κ2) is 6.46. The molecule has 1 aliphatic carbocycles. The summed E-state index contributed by atoms with van der Waals surface area (Å²) in [5.41, 5.74) is 2.16. The Bertz CT molecular complexity index is 818. The number of ketones is 1. The highest BCUT2D eigenvalue weighted by atomic mass is 16.5. The van der Waals surface area contributed by atoms with Crippen molar-refractivity contribution in [3.05, 3.63) is 83.6 Å². The second-order valence-corrected chi connectivity index (χ2v) is 6.13. The second-order valence-electron chi connectivity index (χ2n) is 6.13. The van der Waals surface area contributed by atoms with Crippen LogP contribution in [0.5, 0.6) is 0 Å². The van der Waals surface area contributed by atoms with Gasteiger partial charge in [-0.25, -0.2) is 0 Å². The van der Waals surface area contributed by atoms with Gasteiger partial charge in [0.15, 0.2) is 5.78 Å². The number of carbonyl (C=O) groups excluding carboxylic acids is 1. The molecular formula is C21H20O3. The van der Waals surface area contributed by atoms with Crippen molar-refractivity contribution in [2.45, 2.75) is 18.9 Å². The molecule has 0 aliphatic heterocycles. The average molecular weight is 320 g/mol. The van der Waals surface area contributed by atoms with E-state index in [2.05, 4.69) is 0 Å². The summed E-state index contributed by atoms with van der Waals surface area (Å²) in [6.45, 7) is 1.87. The number of carbonyl (C=O) groups is 1. The third kappa shape index (κ3) is 3.03. The first-order valence-corrected chi connectivity index (χ1v) is 7.90. The summed E-state index contributed by atoms with van der Waals surface area (Å²) in [6, 6.07) is 17.2. The number of hydrogen-bond donors (Lipinski definition) is 1. The molecule has 3 heteroatoms. The van der Waals surface area contributed by atoms with Gasteiger partial charge in [0.1, 0.15) is 5.76 Å². The number of hydrogen-bond acceptors (Lipinski definition) is 3. The molecule has 24 heavy (non-hydrogen) atoms. The molecular weight excluding hydrogens is 300 g/mol. The summed E-state index contributed by atoms with van der Waals surface area (Å²) < 4.78 is 5.38. The summed E-state index contributed by atoms with van der Waals surface area (Å²) in [4.78, 5) is 13.0.